The van der Waals surface area contributed by atoms with Crippen LogP contribution in [0.5, 0.6) is 0 Å². The van der Waals surface area contributed by atoms with E-state index in [2.05, 4.69) is 15.6 Å². The van der Waals surface area contributed by atoms with E-state index in [1.54, 1.807) is 40.7 Å². The number of pyridine rings is 1. The maximum Gasteiger partial charge on any atom is 0.416 e. The normalized spacial score (nSPS) is 16.0. The van der Waals surface area contributed by atoms with Crippen LogP contribution in [-0.2, 0) is 35.0 Å². The highest BCUT2D eigenvalue weighted by molar-refractivity contribution is 7.85. The zero-order valence-corrected chi connectivity index (χ0v) is 23.8. The van der Waals surface area contributed by atoms with Crippen molar-refractivity contribution in [2.45, 2.75) is 29.5 Å². The Balaban J connectivity index is 1.34. The molecule has 41 heavy (non-hydrogen) atoms. The van der Waals surface area contributed by atoms with Gasteiger partial charge in [-0.05, 0) is 47.5 Å². The third-order valence-corrected chi connectivity index (χ3v) is 9.28. The third-order valence-electron chi connectivity index (χ3n) is 6.29. The van der Waals surface area contributed by atoms with Crippen LogP contribution in [0.3, 0.4) is 0 Å². The highest BCUT2D eigenvalue weighted by Gasteiger charge is 2.32. The number of benzene rings is 2. The molecule has 212 valence electrons. The van der Waals surface area contributed by atoms with Crippen LogP contribution in [0.2, 0.25) is 4.34 Å². The maximum absolute atomic E-state index is 13.2. The lowest BCUT2D eigenvalue weighted by atomic mass is 10.1. The molecule has 0 saturated heterocycles. The van der Waals surface area contributed by atoms with Crippen LogP contribution < -0.4 is 10.6 Å². The number of nitrogens with one attached hydrogen (secondary N) is 2. The molecule has 0 bridgehead atoms. The molecule has 1 aliphatic rings. The van der Waals surface area contributed by atoms with Crippen molar-refractivity contribution in [1.29, 1.82) is 0 Å². The second-order valence-corrected chi connectivity index (χ2v) is 12.5. The Bertz CT molecular complexity index is 1580. The van der Waals surface area contributed by atoms with E-state index in [0.29, 0.717) is 44.3 Å². The Hall–Kier alpha value is -3.51. The van der Waals surface area contributed by atoms with E-state index in [-0.39, 0.29) is 12.5 Å². The van der Waals surface area contributed by atoms with E-state index >= 15 is 0 Å². The van der Waals surface area contributed by atoms with Gasteiger partial charge in [0.15, 0.2) is 0 Å². The van der Waals surface area contributed by atoms with E-state index in [0.717, 1.165) is 17.7 Å². The number of aromatic nitrogens is 1. The smallest absolute Gasteiger partial charge is 0.366 e. The van der Waals surface area contributed by atoms with Gasteiger partial charge >= 0.3 is 6.18 Å². The second-order valence-electron chi connectivity index (χ2n) is 9.16. The van der Waals surface area contributed by atoms with Crippen molar-refractivity contribution in [3.8, 4) is 11.3 Å². The molecule has 12 heteroatoms. The number of rotatable bonds is 9. The molecule has 1 aliphatic heterocycles. The molecule has 2 aromatic heterocycles. The summed E-state index contributed by atoms with van der Waals surface area (Å²) in [5, 5.41) is 6.16. The van der Waals surface area contributed by atoms with Gasteiger partial charge in [0.2, 0.25) is 5.91 Å². The number of anilines is 1. The van der Waals surface area contributed by atoms with Crippen molar-refractivity contribution in [3.63, 3.8) is 0 Å². The summed E-state index contributed by atoms with van der Waals surface area (Å²) < 4.78 is 55.0. The van der Waals surface area contributed by atoms with Crippen LogP contribution >= 0.6 is 22.9 Å². The average molecular weight is 617 g/mol. The summed E-state index contributed by atoms with van der Waals surface area (Å²) >= 11 is 7.19. The lowest BCUT2D eigenvalue weighted by Gasteiger charge is -2.21. The molecule has 2 atom stereocenters. The maximum atomic E-state index is 13.2. The standard InChI is InChI=1S/C29H24ClF3N4O2S2/c30-25-12-13-27(40-25)41(39)37-14-4-7-24(37)28(38)35-18-20-15-23(21-8-10-22(11-9-21)29(31,32)33)36-26(16-20)34-17-19-5-2-1-3-6-19/h1-13,15-16,24H,14,17-18H2,(H,34,36)(H,35,38). The van der Waals surface area contributed by atoms with Gasteiger partial charge in [0.25, 0.3) is 0 Å². The first-order valence-electron chi connectivity index (χ1n) is 12.5. The number of carbonyl (C=O) groups excluding carboxylic acids is 1. The van der Waals surface area contributed by atoms with Gasteiger partial charge in [-0.3, -0.25) is 4.79 Å². The minimum absolute atomic E-state index is 0.130. The topological polar surface area (TPSA) is 74.3 Å². The van der Waals surface area contributed by atoms with Crippen molar-refractivity contribution in [2.24, 2.45) is 0 Å². The summed E-state index contributed by atoms with van der Waals surface area (Å²) in [7, 11) is -1.55. The molecule has 0 radical (unpaired) electrons. The van der Waals surface area contributed by atoms with E-state index in [1.165, 1.54) is 23.5 Å². The summed E-state index contributed by atoms with van der Waals surface area (Å²) in [5.74, 6) is 0.176. The van der Waals surface area contributed by atoms with Crippen molar-refractivity contribution < 1.29 is 22.2 Å². The van der Waals surface area contributed by atoms with Gasteiger partial charge in [0.1, 0.15) is 27.1 Å². The lowest BCUT2D eigenvalue weighted by molar-refractivity contribution is -0.137. The molecule has 0 saturated carbocycles. The molecule has 2 unspecified atom stereocenters. The zero-order chi connectivity index (χ0) is 29.0. The molecule has 6 nitrogen and oxygen atoms in total. The summed E-state index contributed by atoms with van der Waals surface area (Å²) in [4.78, 5) is 17.8. The molecule has 0 aliphatic carbocycles. The summed E-state index contributed by atoms with van der Waals surface area (Å²) in [6, 6.07) is 20.6. The number of hydrogen-bond donors (Lipinski definition) is 2. The van der Waals surface area contributed by atoms with Crippen LogP contribution in [-0.4, -0.2) is 32.0 Å². The fraction of sp³-hybridized carbons (Fsp3) is 0.172. The molecule has 0 fully saturated rings. The van der Waals surface area contributed by atoms with Gasteiger partial charge in [-0.15, -0.1) is 11.3 Å². The Labute approximate surface area is 246 Å². The molecular formula is C29H24ClF3N4O2S2. The Morgan fingerprint density at radius 2 is 1.78 bits per heavy atom. The number of halogens is 4. The molecular weight excluding hydrogens is 593 g/mol. The van der Waals surface area contributed by atoms with Crippen molar-refractivity contribution >= 4 is 45.6 Å². The van der Waals surface area contributed by atoms with Crippen molar-refractivity contribution in [2.75, 3.05) is 11.9 Å². The van der Waals surface area contributed by atoms with Crippen molar-refractivity contribution in [1.82, 2.24) is 14.6 Å². The molecule has 5 rings (SSSR count). The van der Waals surface area contributed by atoms with Crippen LogP contribution in [0.1, 0.15) is 16.7 Å². The predicted molar refractivity (Wildman–Crippen MR) is 156 cm³/mol. The first-order chi connectivity index (χ1) is 19.7. The van der Waals surface area contributed by atoms with Gasteiger partial charge in [-0.2, -0.15) is 17.5 Å². The molecule has 3 heterocycles. The van der Waals surface area contributed by atoms with Crippen LogP contribution in [0, 0.1) is 0 Å². The molecule has 2 aromatic carbocycles. The summed E-state index contributed by atoms with van der Waals surface area (Å²) in [6.45, 7) is 0.961. The first-order valence-corrected chi connectivity index (χ1v) is 14.8. The fourth-order valence-corrected chi connectivity index (χ4v) is 7.00. The lowest BCUT2D eigenvalue weighted by Crippen LogP contribution is -2.43. The van der Waals surface area contributed by atoms with E-state index in [4.69, 9.17) is 11.6 Å². The number of alkyl halides is 3. The average Bonchev–Trinajstić information content (AvgIpc) is 3.64. The zero-order valence-electron chi connectivity index (χ0n) is 21.4. The quantitative estimate of drug-likeness (QED) is 0.206. The predicted octanol–water partition coefficient (Wildman–Crippen LogP) is 6.67. The van der Waals surface area contributed by atoms with Gasteiger partial charge in [-0.1, -0.05) is 66.2 Å². The number of nitrogens with zero attached hydrogens (tertiary/aromatic N) is 2. The molecule has 0 spiro atoms. The summed E-state index contributed by atoms with van der Waals surface area (Å²) in [6.07, 6.45) is -0.948. The second kappa shape index (κ2) is 12.6. The number of thiophene rings is 1. The number of hydrogen-bond acceptors (Lipinski definition) is 5. The molecule has 2 N–H and O–H groups in total. The van der Waals surface area contributed by atoms with Gasteiger partial charge < -0.3 is 10.6 Å². The minimum atomic E-state index is -4.44. The van der Waals surface area contributed by atoms with Crippen LogP contribution in [0.4, 0.5) is 19.0 Å². The third kappa shape index (κ3) is 7.23. The SMILES string of the molecule is O=C(NCc1cc(NCc2ccccc2)nc(-c2ccc(C(F)(F)F)cc2)c1)C1C=CCN1S(=O)c1ccc(Cl)s1. The van der Waals surface area contributed by atoms with Gasteiger partial charge in [0.05, 0.1) is 15.6 Å². The van der Waals surface area contributed by atoms with Gasteiger partial charge in [-0.25, -0.2) is 9.19 Å². The Morgan fingerprint density at radius 3 is 2.46 bits per heavy atom. The van der Waals surface area contributed by atoms with Crippen molar-refractivity contribution in [3.05, 3.63) is 112 Å². The highest BCUT2D eigenvalue weighted by atomic mass is 35.5. The largest absolute Gasteiger partial charge is 0.416 e. The van der Waals surface area contributed by atoms with Crippen LogP contribution in [0.15, 0.2) is 95.2 Å². The minimum Gasteiger partial charge on any atom is -0.366 e. The number of amides is 1. The Morgan fingerprint density at radius 1 is 1.02 bits per heavy atom. The fourth-order valence-electron chi connectivity index (χ4n) is 4.24. The van der Waals surface area contributed by atoms with E-state index < -0.39 is 28.8 Å². The monoisotopic (exact) mass is 616 g/mol. The highest BCUT2D eigenvalue weighted by Crippen LogP contribution is 2.31. The van der Waals surface area contributed by atoms with Gasteiger partial charge in [0, 0.05) is 25.2 Å². The summed E-state index contributed by atoms with van der Waals surface area (Å²) in [5.41, 5.74) is 1.93. The Kier molecular flexibility index (Phi) is 8.88. The molecule has 4 aromatic rings. The van der Waals surface area contributed by atoms with E-state index in [9.17, 15) is 22.2 Å². The van der Waals surface area contributed by atoms with E-state index in [1.807, 2.05) is 30.3 Å². The molecule has 1 amide bonds. The first kappa shape index (κ1) is 29.0. The van der Waals surface area contributed by atoms with Crippen LogP contribution in [0.25, 0.3) is 11.3 Å². The number of carbonyl (C=O) groups is 1.